The van der Waals surface area contributed by atoms with Crippen LogP contribution in [-0.4, -0.2) is 34.9 Å². The number of hydrogen-bond donors (Lipinski definition) is 1. The van der Waals surface area contributed by atoms with E-state index in [0.717, 1.165) is 17.8 Å². The lowest BCUT2D eigenvalue weighted by Crippen LogP contribution is -2.31. The van der Waals surface area contributed by atoms with Crippen LogP contribution in [0.2, 0.25) is 0 Å². The molecular weight excluding hydrogens is 230 g/mol. The lowest BCUT2D eigenvalue weighted by atomic mass is 10.3. The molecule has 0 unspecified atom stereocenters. The number of nitro groups is 1. The number of thiophene rings is 1. The molecule has 0 spiro atoms. The van der Waals surface area contributed by atoms with E-state index in [2.05, 4.69) is 0 Å². The highest BCUT2D eigenvalue weighted by molar-refractivity contribution is 7.13. The van der Waals surface area contributed by atoms with Crippen molar-refractivity contribution in [3.63, 3.8) is 0 Å². The topological polar surface area (TPSA) is 89.5 Å². The van der Waals surface area contributed by atoms with Gasteiger partial charge in [0.1, 0.15) is 0 Å². The zero-order valence-electron chi connectivity index (χ0n) is 8.46. The molecule has 1 fully saturated rings. The van der Waals surface area contributed by atoms with E-state index < -0.39 is 4.92 Å². The van der Waals surface area contributed by atoms with Crippen molar-refractivity contribution in [1.29, 1.82) is 0 Å². The minimum atomic E-state index is -0.489. The second-order valence-electron chi connectivity index (χ2n) is 3.73. The third-order valence-corrected chi connectivity index (χ3v) is 3.40. The van der Waals surface area contributed by atoms with Gasteiger partial charge in [-0.25, -0.2) is 0 Å². The number of nitrogens with zero attached hydrogens (tertiary/aromatic N) is 2. The molecule has 1 aromatic heterocycles. The number of carbonyl (C=O) groups is 1. The number of rotatable bonds is 2. The maximum absolute atomic E-state index is 11.9. The Morgan fingerprint density at radius 2 is 2.44 bits per heavy atom. The summed E-state index contributed by atoms with van der Waals surface area (Å²) in [6, 6.07) is 1.34. The molecule has 0 saturated carbocycles. The first-order chi connectivity index (χ1) is 7.58. The van der Waals surface area contributed by atoms with Crippen molar-refractivity contribution in [1.82, 2.24) is 4.90 Å². The van der Waals surface area contributed by atoms with Crippen LogP contribution in [0.5, 0.6) is 0 Å². The molecule has 0 aromatic carbocycles. The van der Waals surface area contributed by atoms with Crippen LogP contribution in [0.1, 0.15) is 16.8 Å². The van der Waals surface area contributed by atoms with Crippen LogP contribution >= 0.6 is 11.3 Å². The molecular formula is C9H11N3O3S. The van der Waals surface area contributed by atoms with Crippen LogP contribution in [0.25, 0.3) is 0 Å². The van der Waals surface area contributed by atoms with Crippen LogP contribution in [-0.2, 0) is 0 Å². The largest absolute Gasteiger partial charge is 0.337 e. The van der Waals surface area contributed by atoms with Gasteiger partial charge in [-0.15, -0.1) is 0 Å². The van der Waals surface area contributed by atoms with Crippen molar-refractivity contribution >= 4 is 22.2 Å². The van der Waals surface area contributed by atoms with E-state index in [1.165, 1.54) is 11.4 Å². The molecule has 2 rings (SSSR count). The molecule has 1 saturated heterocycles. The molecule has 1 aliphatic heterocycles. The summed E-state index contributed by atoms with van der Waals surface area (Å²) < 4.78 is 0. The normalized spacial score (nSPS) is 20.1. The standard InChI is InChI=1S/C9H11N3O3S/c10-7-1-2-11(4-7)9(13)6-3-8(12(14)15)16-5-6/h3,5,7H,1-2,4,10H2/t7-/m0/s1. The first kappa shape index (κ1) is 11.0. The Labute approximate surface area is 95.8 Å². The van der Waals surface area contributed by atoms with Gasteiger partial charge in [0.15, 0.2) is 0 Å². The molecule has 0 aliphatic carbocycles. The van der Waals surface area contributed by atoms with Gasteiger partial charge >= 0.3 is 5.00 Å². The predicted molar refractivity (Wildman–Crippen MR) is 59.5 cm³/mol. The minimum absolute atomic E-state index is 0.00755. The van der Waals surface area contributed by atoms with Gasteiger partial charge in [-0.3, -0.25) is 14.9 Å². The summed E-state index contributed by atoms with van der Waals surface area (Å²) in [7, 11) is 0. The van der Waals surface area contributed by atoms with Crippen molar-refractivity contribution in [3.8, 4) is 0 Å². The van der Waals surface area contributed by atoms with Crippen molar-refractivity contribution in [2.75, 3.05) is 13.1 Å². The van der Waals surface area contributed by atoms with Crippen LogP contribution in [0.4, 0.5) is 5.00 Å². The quantitative estimate of drug-likeness (QED) is 0.613. The molecule has 0 radical (unpaired) electrons. The van der Waals surface area contributed by atoms with Crippen molar-refractivity contribution in [2.45, 2.75) is 12.5 Å². The van der Waals surface area contributed by atoms with Gasteiger partial charge in [-0.05, 0) is 6.42 Å². The maximum atomic E-state index is 11.9. The number of likely N-dealkylation sites (tertiary alicyclic amines) is 1. The maximum Gasteiger partial charge on any atom is 0.324 e. The smallest absolute Gasteiger partial charge is 0.324 e. The lowest BCUT2D eigenvalue weighted by molar-refractivity contribution is -0.380. The van der Waals surface area contributed by atoms with E-state index in [9.17, 15) is 14.9 Å². The van der Waals surface area contributed by atoms with E-state index in [4.69, 9.17) is 5.73 Å². The summed E-state index contributed by atoms with van der Waals surface area (Å²) in [6.45, 7) is 1.16. The molecule has 1 aliphatic rings. The number of amides is 1. The molecule has 7 heteroatoms. The zero-order chi connectivity index (χ0) is 11.7. The number of hydrogen-bond acceptors (Lipinski definition) is 5. The SMILES string of the molecule is N[C@H]1CCN(C(=O)c2csc([N+](=O)[O-])c2)C1. The molecule has 86 valence electrons. The fraction of sp³-hybridized carbons (Fsp3) is 0.444. The highest BCUT2D eigenvalue weighted by atomic mass is 32.1. The van der Waals surface area contributed by atoms with E-state index in [0.29, 0.717) is 18.7 Å². The molecule has 16 heavy (non-hydrogen) atoms. The number of carbonyl (C=O) groups excluding carboxylic acids is 1. The van der Waals surface area contributed by atoms with E-state index in [-0.39, 0.29) is 17.0 Å². The van der Waals surface area contributed by atoms with Gasteiger partial charge in [-0.1, -0.05) is 11.3 Å². The van der Waals surface area contributed by atoms with Gasteiger partial charge in [-0.2, -0.15) is 0 Å². The second-order valence-corrected chi connectivity index (χ2v) is 4.62. The fourth-order valence-corrected chi connectivity index (χ4v) is 2.38. The third kappa shape index (κ3) is 2.05. The molecule has 1 aromatic rings. The van der Waals surface area contributed by atoms with Gasteiger partial charge in [0, 0.05) is 30.6 Å². The Morgan fingerprint density at radius 1 is 1.69 bits per heavy atom. The van der Waals surface area contributed by atoms with Gasteiger partial charge in [0.05, 0.1) is 10.5 Å². The second kappa shape index (κ2) is 4.18. The molecule has 2 heterocycles. The molecule has 1 atom stereocenters. The fourth-order valence-electron chi connectivity index (χ4n) is 1.69. The van der Waals surface area contributed by atoms with E-state index in [1.54, 1.807) is 4.90 Å². The summed E-state index contributed by atoms with van der Waals surface area (Å²) in [4.78, 5) is 23.5. The zero-order valence-corrected chi connectivity index (χ0v) is 9.27. The summed E-state index contributed by atoms with van der Waals surface area (Å²) >= 11 is 0.968. The van der Waals surface area contributed by atoms with Crippen LogP contribution < -0.4 is 5.73 Å². The molecule has 1 amide bonds. The van der Waals surface area contributed by atoms with E-state index in [1.807, 2.05) is 0 Å². The Kier molecular flexibility index (Phi) is 2.88. The summed E-state index contributed by atoms with van der Waals surface area (Å²) in [5.41, 5.74) is 6.08. The van der Waals surface area contributed by atoms with Crippen LogP contribution in [0, 0.1) is 10.1 Å². The highest BCUT2D eigenvalue weighted by Gasteiger charge is 2.26. The Morgan fingerprint density at radius 3 is 2.94 bits per heavy atom. The van der Waals surface area contributed by atoms with Gasteiger partial charge in [0.2, 0.25) is 0 Å². The average Bonchev–Trinajstić information content (AvgIpc) is 2.84. The summed E-state index contributed by atoms with van der Waals surface area (Å²) in [5, 5.41) is 12.0. The molecule has 6 nitrogen and oxygen atoms in total. The minimum Gasteiger partial charge on any atom is -0.337 e. The third-order valence-electron chi connectivity index (χ3n) is 2.52. The predicted octanol–water partition coefficient (Wildman–Crippen LogP) is 0.829. The van der Waals surface area contributed by atoms with Gasteiger partial charge in [0.25, 0.3) is 5.91 Å². The van der Waals surface area contributed by atoms with Crippen molar-refractivity contribution < 1.29 is 9.72 Å². The van der Waals surface area contributed by atoms with Crippen LogP contribution in [0.3, 0.4) is 0 Å². The Balaban J connectivity index is 2.11. The van der Waals surface area contributed by atoms with E-state index >= 15 is 0 Å². The summed E-state index contributed by atoms with van der Waals surface area (Å²) in [6.07, 6.45) is 0.790. The van der Waals surface area contributed by atoms with Crippen LogP contribution in [0.15, 0.2) is 11.4 Å². The lowest BCUT2D eigenvalue weighted by Gasteiger charge is -2.14. The first-order valence-electron chi connectivity index (χ1n) is 4.85. The summed E-state index contributed by atoms with van der Waals surface area (Å²) in [5.74, 6) is -0.169. The number of nitrogens with two attached hydrogens (primary N) is 1. The molecule has 0 bridgehead atoms. The monoisotopic (exact) mass is 241 g/mol. The molecule has 2 N–H and O–H groups in total. The van der Waals surface area contributed by atoms with Gasteiger partial charge < -0.3 is 10.6 Å². The first-order valence-corrected chi connectivity index (χ1v) is 5.73. The average molecular weight is 241 g/mol. The highest BCUT2D eigenvalue weighted by Crippen LogP contribution is 2.24. The van der Waals surface area contributed by atoms with Crippen molar-refractivity contribution in [2.24, 2.45) is 5.73 Å². The van der Waals surface area contributed by atoms with Crippen molar-refractivity contribution in [3.05, 3.63) is 27.1 Å². The Hall–Kier alpha value is -1.47. The Bertz CT molecular complexity index is 431.